The number of non-ortho nitro benzene ring substituents is 1. The third-order valence-electron chi connectivity index (χ3n) is 2.25. The Morgan fingerprint density at radius 3 is 2.78 bits per heavy atom. The fourth-order valence-electron chi connectivity index (χ4n) is 1.48. The average Bonchev–Trinajstić information content (AvgIpc) is 2.72. The van der Waals surface area contributed by atoms with Gasteiger partial charge in [-0.1, -0.05) is 11.6 Å². The number of hydrogen-bond donors (Lipinski definition) is 2. The van der Waals surface area contributed by atoms with Gasteiger partial charge in [0.2, 0.25) is 0 Å². The molecular weight excluding hydrogens is 274 g/mol. The van der Waals surface area contributed by atoms with Gasteiger partial charge in [-0.15, -0.1) is 11.3 Å². The van der Waals surface area contributed by atoms with Gasteiger partial charge in [0.05, 0.1) is 9.26 Å². The van der Waals surface area contributed by atoms with Crippen LogP contribution in [0.1, 0.15) is 4.88 Å². The van der Waals surface area contributed by atoms with Crippen molar-refractivity contribution in [2.45, 2.75) is 6.54 Å². The first-order valence-corrected chi connectivity index (χ1v) is 6.27. The maximum absolute atomic E-state index is 10.7. The Labute approximate surface area is 112 Å². The van der Waals surface area contributed by atoms with Gasteiger partial charge in [0, 0.05) is 34.9 Å². The molecule has 94 valence electrons. The first-order chi connectivity index (χ1) is 8.54. The summed E-state index contributed by atoms with van der Waals surface area (Å²) in [5.41, 5.74) is 6.56. The number of nitrogens with zero attached hydrogens (tertiary/aromatic N) is 1. The van der Waals surface area contributed by atoms with E-state index in [0.29, 0.717) is 22.3 Å². The highest BCUT2D eigenvalue weighted by Gasteiger charge is 2.08. The number of anilines is 2. The number of rotatable bonds is 4. The molecule has 0 aliphatic rings. The smallest absolute Gasteiger partial charge is 0.273 e. The second-order valence-corrected chi connectivity index (χ2v) is 5.43. The minimum absolute atomic E-state index is 0.0262. The maximum atomic E-state index is 10.7. The lowest BCUT2D eigenvalue weighted by Crippen LogP contribution is -2.00. The number of nitrogen functional groups attached to an aromatic ring is 1. The molecule has 0 aliphatic heterocycles. The topological polar surface area (TPSA) is 81.2 Å². The van der Waals surface area contributed by atoms with Crippen molar-refractivity contribution in [2.75, 3.05) is 11.1 Å². The summed E-state index contributed by atoms with van der Waals surface area (Å²) in [5, 5.41) is 13.8. The SMILES string of the molecule is Nc1cc(NCc2ccc(Cl)s2)cc([N+](=O)[O-])c1. The molecule has 5 nitrogen and oxygen atoms in total. The summed E-state index contributed by atoms with van der Waals surface area (Å²) in [6.07, 6.45) is 0. The van der Waals surface area contributed by atoms with Crippen molar-refractivity contribution < 1.29 is 4.92 Å². The van der Waals surface area contributed by atoms with E-state index in [4.69, 9.17) is 17.3 Å². The minimum atomic E-state index is -0.469. The molecule has 7 heteroatoms. The highest BCUT2D eigenvalue weighted by atomic mass is 35.5. The van der Waals surface area contributed by atoms with Gasteiger partial charge >= 0.3 is 0 Å². The number of halogens is 1. The number of benzene rings is 1. The van der Waals surface area contributed by atoms with E-state index in [1.807, 2.05) is 12.1 Å². The second kappa shape index (κ2) is 5.24. The van der Waals surface area contributed by atoms with E-state index in [9.17, 15) is 10.1 Å². The summed E-state index contributed by atoms with van der Waals surface area (Å²) in [7, 11) is 0. The molecule has 0 bridgehead atoms. The average molecular weight is 284 g/mol. The largest absolute Gasteiger partial charge is 0.398 e. The Morgan fingerprint density at radius 2 is 2.17 bits per heavy atom. The van der Waals surface area contributed by atoms with Gasteiger partial charge in [0.15, 0.2) is 0 Å². The van der Waals surface area contributed by atoms with Crippen molar-refractivity contribution in [3.63, 3.8) is 0 Å². The van der Waals surface area contributed by atoms with E-state index in [-0.39, 0.29) is 5.69 Å². The van der Waals surface area contributed by atoms with Gasteiger partial charge in [-0.05, 0) is 18.2 Å². The highest BCUT2D eigenvalue weighted by Crippen LogP contribution is 2.25. The van der Waals surface area contributed by atoms with Crippen LogP contribution in [0.4, 0.5) is 17.1 Å². The zero-order valence-electron chi connectivity index (χ0n) is 9.22. The Bertz CT molecular complexity index is 585. The zero-order chi connectivity index (χ0) is 13.1. The van der Waals surface area contributed by atoms with Crippen LogP contribution in [0.25, 0.3) is 0 Å². The molecule has 3 N–H and O–H groups in total. The van der Waals surface area contributed by atoms with Crippen molar-refractivity contribution in [1.29, 1.82) is 0 Å². The van der Waals surface area contributed by atoms with Crippen LogP contribution in [0.5, 0.6) is 0 Å². The van der Waals surface area contributed by atoms with Crippen LogP contribution in [-0.2, 0) is 6.54 Å². The third-order valence-corrected chi connectivity index (χ3v) is 3.48. The second-order valence-electron chi connectivity index (χ2n) is 3.63. The molecule has 0 amide bonds. The first-order valence-electron chi connectivity index (χ1n) is 5.07. The summed E-state index contributed by atoms with van der Waals surface area (Å²) in [5.74, 6) is 0. The van der Waals surface area contributed by atoms with Crippen molar-refractivity contribution in [1.82, 2.24) is 0 Å². The normalized spacial score (nSPS) is 10.3. The molecule has 2 rings (SSSR count). The van der Waals surface area contributed by atoms with Crippen molar-refractivity contribution >= 4 is 40.0 Å². The Balaban J connectivity index is 2.11. The summed E-state index contributed by atoms with van der Waals surface area (Å²) in [4.78, 5) is 11.3. The van der Waals surface area contributed by atoms with Crippen LogP contribution in [0, 0.1) is 10.1 Å². The molecule has 1 aromatic heterocycles. The van der Waals surface area contributed by atoms with Crippen LogP contribution in [0.15, 0.2) is 30.3 Å². The zero-order valence-corrected chi connectivity index (χ0v) is 10.8. The van der Waals surface area contributed by atoms with Crippen molar-refractivity contribution in [3.05, 3.63) is 49.7 Å². The fraction of sp³-hybridized carbons (Fsp3) is 0.0909. The van der Waals surface area contributed by atoms with E-state index in [1.165, 1.54) is 23.5 Å². The highest BCUT2D eigenvalue weighted by molar-refractivity contribution is 7.16. The number of nitrogens with two attached hydrogens (primary N) is 1. The molecule has 0 saturated heterocycles. The molecule has 0 radical (unpaired) electrons. The molecule has 1 aromatic carbocycles. The molecule has 0 atom stereocenters. The molecule has 0 fully saturated rings. The number of nitro benzene ring substituents is 1. The Hall–Kier alpha value is -1.79. The van der Waals surface area contributed by atoms with Crippen molar-refractivity contribution in [2.24, 2.45) is 0 Å². The van der Waals surface area contributed by atoms with E-state index >= 15 is 0 Å². The molecule has 18 heavy (non-hydrogen) atoms. The van der Waals surface area contributed by atoms with Gasteiger partial charge in [0.1, 0.15) is 0 Å². The maximum Gasteiger partial charge on any atom is 0.273 e. The summed E-state index contributed by atoms with van der Waals surface area (Å²) in [6.45, 7) is 0.554. The standard InChI is InChI=1S/C11H10ClN3O2S/c12-11-2-1-10(18-11)6-14-8-3-7(13)4-9(5-8)15(16)17/h1-5,14H,6,13H2. The summed E-state index contributed by atoms with van der Waals surface area (Å²) < 4.78 is 0.713. The van der Waals surface area contributed by atoms with Gasteiger partial charge < -0.3 is 11.1 Å². The van der Waals surface area contributed by atoms with E-state index in [1.54, 1.807) is 6.07 Å². The number of nitrogens with one attached hydrogen (secondary N) is 1. The molecule has 0 unspecified atom stereocenters. The lowest BCUT2D eigenvalue weighted by molar-refractivity contribution is -0.384. The summed E-state index contributed by atoms with van der Waals surface area (Å²) in [6, 6.07) is 8.15. The number of hydrogen-bond acceptors (Lipinski definition) is 5. The quantitative estimate of drug-likeness (QED) is 0.511. The van der Waals surface area contributed by atoms with Gasteiger partial charge in [-0.3, -0.25) is 10.1 Å². The third kappa shape index (κ3) is 3.12. The molecule has 1 heterocycles. The molecule has 0 aliphatic carbocycles. The number of thiophene rings is 1. The van der Waals surface area contributed by atoms with Crippen molar-refractivity contribution in [3.8, 4) is 0 Å². The monoisotopic (exact) mass is 283 g/mol. The van der Waals surface area contributed by atoms with Gasteiger partial charge in [0.25, 0.3) is 5.69 Å². The van der Waals surface area contributed by atoms with Crippen LogP contribution >= 0.6 is 22.9 Å². The van der Waals surface area contributed by atoms with Gasteiger partial charge in [-0.25, -0.2) is 0 Å². The van der Waals surface area contributed by atoms with Crippen LogP contribution in [0.2, 0.25) is 4.34 Å². The predicted octanol–water partition coefficient (Wildman–Crippen LogP) is 3.50. The first kappa shape index (κ1) is 12.7. The molecule has 0 saturated carbocycles. The lowest BCUT2D eigenvalue weighted by Gasteiger charge is -2.05. The Kier molecular flexibility index (Phi) is 3.69. The predicted molar refractivity (Wildman–Crippen MR) is 74.2 cm³/mol. The van der Waals surface area contributed by atoms with E-state index in [0.717, 1.165) is 4.88 Å². The van der Waals surface area contributed by atoms with E-state index < -0.39 is 4.92 Å². The molecule has 0 spiro atoms. The van der Waals surface area contributed by atoms with Crippen LogP contribution < -0.4 is 11.1 Å². The summed E-state index contributed by atoms with van der Waals surface area (Å²) >= 11 is 7.28. The minimum Gasteiger partial charge on any atom is -0.398 e. The number of nitro groups is 1. The van der Waals surface area contributed by atoms with Crippen LogP contribution in [-0.4, -0.2) is 4.92 Å². The molecule has 2 aromatic rings. The van der Waals surface area contributed by atoms with Gasteiger partial charge in [-0.2, -0.15) is 0 Å². The fourth-order valence-corrected chi connectivity index (χ4v) is 2.51. The van der Waals surface area contributed by atoms with E-state index in [2.05, 4.69) is 5.32 Å². The van der Waals surface area contributed by atoms with Crippen LogP contribution in [0.3, 0.4) is 0 Å². The Morgan fingerprint density at radius 1 is 1.39 bits per heavy atom. The molecular formula is C11H10ClN3O2S. The lowest BCUT2D eigenvalue weighted by atomic mass is 10.2.